The quantitative estimate of drug-likeness (QED) is 0.828. The third-order valence-corrected chi connectivity index (χ3v) is 3.91. The number of nitrogens with zero attached hydrogens (tertiary/aromatic N) is 2. The predicted molar refractivity (Wildman–Crippen MR) is 100 cm³/mol. The van der Waals surface area contributed by atoms with Crippen LogP contribution < -0.4 is 5.32 Å². The molecule has 1 aromatic rings. The Morgan fingerprint density at radius 2 is 2.00 bits per heavy atom. The van der Waals surface area contributed by atoms with Gasteiger partial charge in [0, 0.05) is 31.9 Å². The Bertz CT molecular complexity index is 566. The summed E-state index contributed by atoms with van der Waals surface area (Å²) in [5.41, 5.74) is 0. The van der Waals surface area contributed by atoms with Crippen molar-refractivity contribution in [1.82, 2.24) is 20.2 Å². The maximum atomic E-state index is 11.1. The van der Waals surface area contributed by atoms with E-state index in [0.717, 1.165) is 44.6 Å². The van der Waals surface area contributed by atoms with Crippen LogP contribution >= 0.6 is 0 Å². The molecule has 2 aliphatic rings. The molecule has 2 fully saturated rings. The van der Waals surface area contributed by atoms with Crippen LogP contribution in [-0.4, -0.2) is 39.8 Å². The van der Waals surface area contributed by atoms with Crippen molar-refractivity contribution in [2.75, 3.05) is 13.1 Å². The molecule has 1 unspecified atom stereocenters. The van der Waals surface area contributed by atoms with Crippen LogP contribution in [0.2, 0.25) is 0 Å². The van der Waals surface area contributed by atoms with Gasteiger partial charge in [-0.2, -0.15) is 0 Å². The molecular weight excluding hydrogens is 316 g/mol. The second kappa shape index (κ2) is 11.8. The van der Waals surface area contributed by atoms with E-state index in [0.29, 0.717) is 6.42 Å². The van der Waals surface area contributed by atoms with Gasteiger partial charge in [-0.15, -0.1) is 6.58 Å². The van der Waals surface area contributed by atoms with Gasteiger partial charge < -0.3 is 15.2 Å². The molecule has 0 aromatic carbocycles. The average molecular weight is 344 g/mol. The summed E-state index contributed by atoms with van der Waals surface area (Å²) >= 11 is 0. The highest BCUT2D eigenvalue weighted by Gasteiger charge is 2.16. The van der Waals surface area contributed by atoms with E-state index in [1.165, 1.54) is 0 Å². The number of rotatable bonds is 3. The summed E-state index contributed by atoms with van der Waals surface area (Å²) in [5.74, 6) is 1.23. The van der Waals surface area contributed by atoms with Crippen LogP contribution in [0, 0.1) is 5.92 Å². The fraction of sp³-hybridized carbons (Fsp3) is 0.421. The Morgan fingerprint density at radius 1 is 1.20 bits per heavy atom. The van der Waals surface area contributed by atoms with Crippen LogP contribution in [-0.2, 0) is 9.59 Å². The van der Waals surface area contributed by atoms with Gasteiger partial charge in [-0.05, 0) is 31.5 Å². The number of hydrogen-bond acceptors (Lipinski definition) is 3. The molecule has 25 heavy (non-hydrogen) atoms. The van der Waals surface area contributed by atoms with E-state index in [-0.39, 0.29) is 17.7 Å². The Labute approximate surface area is 149 Å². The molecule has 3 heterocycles. The first kappa shape index (κ1) is 20.4. The monoisotopic (exact) mass is 344 g/mol. The molecule has 136 valence electrons. The SMILES string of the molecule is C=CC1CCCCNC1=O.C=CN1CCCC1=O.C=Cc1ncc[nH]1. The van der Waals surface area contributed by atoms with Gasteiger partial charge in [-0.3, -0.25) is 9.59 Å². The lowest BCUT2D eigenvalue weighted by Crippen LogP contribution is -2.27. The van der Waals surface area contributed by atoms with Crippen molar-refractivity contribution in [3.05, 3.63) is 50.2 Å². The first-order valence-corrected chi connectivity index (χ1v) is 8.56. The summed E-state index contributed by atoms with van der Waals surface area (Å²) in [7, 11) is 0. The largest absolute Gasteiger partial charge is 0.356 e. The van der Waals surface area contributed by atoms with Gasteiger partial charge in [0.05, 0.1) is 5.92 Å². The van der Waals surface area contributed by atoms with Gasteiger partial charge in [0.25, 0.3) is 0 Å². The van der Waals surface area contributed by atoms with Crippen molar-refractivity contribution in [2.45, 2.75) is 32.1 Å². The lowest BCUT2D eigenvalue weighted by molar-refractivity contribution is -0.125. The molecule has 0 aliphatic carbocycles. The Kier molecular flexibility index (Phi) is 9.67. The molecule has 0 bridgehead atoms. The molecule has 0 saturated carbocycles. The molecule has 3 rings (SSSR count). The molecular formula is C19H28N4O2. The number of carbonyl (C=O) groups excluding carboxylic acids is 2. The normalized spacial score (nSPS) is 19.4. The van der Waals surface area contributed by atoms with Gasteiger partial charge in [-0.1, -0.05) is 25.7 Å². The molecule has 2 saturated heterocycles. The highest BCUT2D eigenvalue weighted by Crippen LogP contribution is 2.12. The Morgan fingerprint density at radius 3 is 2.44 bits per heavy atom. The third-order valence-electron chi connectivity index (χ3n) is 3.91. The second-order valence-electron chi connectivity index (χ2n) is 5.68. The van der Waals surface area contributed by atoms with Gasteiger partial charge in [0.2, 0.25) is 11.8 Å². The summed E-state index contributed by atoms with van der Waals surface area (Å²) < 4.78 is 0. The standard InChI is InChI=1S/C8H13NO.C6H9NO.C5H6N2/c1-2-7-5-3-4-6-9-8(7)10;1-2-7-5-3-4-6(7)8;1-2-5-6-3-4-7-5/h2,7H,1,3-6H2,(H,9,10);2H,1,3-5H2;2-4H,1H2,(H,6,7). The minimum atomic E-state index is 0.0579. The molecule has 1 atom stereocenters. The number of likely N-dealkylation sites (tertiary alicyclic amines) is 1. The average Bonchev–Trinajstić information content (AvgIpc) is 3.25. The number of H-pyrrole nitrogens is 1. The van der Waals surface area contributed by atoms with Crippen LogP contribution in [0.5, 0.6) is 0 Å². The Balaban J connectivity index is 0.000000191. The van der Waals surface area contributed by atoms with Crippen molar-refractivity contribution >= 4 is 17.9 Å². The van der Waals surface area contributed by atoms with Crippen molar-refractivity contribution in [3.8, 4) is 0 Å². The molecule has 6 nitrogen and oxygen atoms in total. The molecule has 2 amide bonds. The lowest BCUT2D eigenvalue weighted by atomic mass is 10.0. The van der Waals surface area contributed by atoms with E-state index in [1.54, 1.807) is 35.6 Å². The van der Waals surface area contributed by atoms with Gasteiger partial charge in [0.15, 0.2) is 0 Å². The first-order chi connectivity index (χ1) is 12.1. The molecule has 2 N–H and O–H groups in total. The molecule has 6 heteroatoms. The van der Waals surface area contributed by atoms with Crippen LogP contribution in [0.15, 0.2) is 44.4 Å². The zero-order valence-corrected chi connectivity index (χ0v) is 14.7. The van der Waals surface area contributed by atoms with E-state index in [4.69, 9.17) is 0 Å². The number of amides is 2. The van der Waals surface area contributed by atoms with Crippen molar-refractivity contribution in [1.29, 1.82) is 0 Å². The summed E-state index contributed by atoms with van der Waals surface area (Å²) in [6, 6.07) is 0. The molecule has 1 aromatic heterocycles. The van der Waals surface area contributed by atoms with Gasteiger partial charge in [0.1, 0.15) is 5.82 Å². The molecule has 2 aliphatic heterocycles. The van der Waals surface area contributed by atoms with Crippen LogP contribution in [0.25, 0.3) is 6.08 Å². The minimum absolute atomic E-state index is 0.0579. The predicted octanol–water partition coefficient (Wildman–Crippen LogP) is 2.89. The number of nitrogens with one attached hydrogen (secondary N) is 2. The number of hydrogen-bond donors (Lipinski definition) is 2. The Hall–Kier alpha value is -2.63. The number of carbonyl (C=O) groups is 2. The highest BCUT2D eigenvalue weighted by atomic mass is 16.2. The van der Waals surface area contributed by atoms with Crippen LogP contribution in [0.4, 0.5) is 0 Å². The third kappa shape index (κ3) is 7.65. The first-order valence-electron chi connectivity index (χ1n) is 8.56. The maximum absolute atomic E-state index is 11.1. The van der Waals surface area contributed by atoms with Crippen LogP contribution in [0.1, 0.15) is 37.9 Å². The topological polar surface area (TPSA) is 78.1 Å². The smallest absolute Gasteiger partial charge is 0.226 e. The highest BCUT2D eigenvalue weighted by molar-refractivity contribution is 5.80. The zero-order chi connectivity index (χ0) is 18.5. The van der Waals surface area contributed by atoms with E-state index >= 15 is 0 Å². The van der Waals surface area contributed by atoms with Gasteiger partial charge in [-0.25, -0.2) is 4.98 Å². The second-order valence-corrected chi connectivity index (χ2v) is 5.68. The fourth-order valence-electron chi connectivity index (χ4n) is 2.44. The molecule has 0 spiro atoms. The van der Waals surface area contributed by atoms with Gasteiger partial charge >= 0.3 is 0 Å². The number of aromatic amines is 1. The lowest BCUT2D eigenvalue weighted by Gasteiger charge is -2.05. The number of aromatic nitrogens is 2. The summed E-state index contributed by atoms with van der Waals surface area (Å²) in [5, 5.41) is 2.84. The van der Waals surface area contributed by atoms with Crippen molar-refractivity contribution < 1.29 is 9.59 Å². The fourth-order valence-corrected chi connectivity index (χ4v) is 2.44. The zero-order valence-electron chi connectivity index (χ0n) is 14.7. The van der Waals surface area contributed by atoms with Crippen molar-refractivity contribution in [3.63, 3.8) is 0 Å². The van der Waals surface area contributed by atoms with E-state index in [2.05, 4.69) is 35.0 Å². The summed E-state index contributed by atoms with van der Waals surface area (Å²) in [6.07, 6.45) is 13.3. The van der Waals surface area contributed by atoms with Crippen molar-refractivity contribution in [2.24, 2.45) is 5.92 Å². The number of imidazole rings is 1. The molecule has 0 radical (unpaired) electrons. The van der Waals surface area contributed by atoms with Crippen LogP contribution in [0.3, 0.4) is 0 Å². The van der Waals surface area contributed by atoms with E-state index < -0.39 is 0 Å². The summed E-state index contributed by atoms with van der Waals surface area (Å²) in [6.45, 7) is 12.3. The van der Waals surface area contributed by atoms with E-state index in [9.17, 15) is 9.59 Å². The summed E-state index contributed by atoms with van der Waals surface area (Å²) in [4.78, 5) is 30.1. The minimum Gasteiger partial charge on any atom is -0.356 e. The van der Waals surface area contributed by atoms with E-state index in [1.807, 2.05) is 0 Å². The maximum Gasteiger partial charge on any atom is 0.226 e.